The lowest BCUT2D eigenvalue weighted by Gasteiger charge is -2.36. The van der Waals surface area contributed by atoms with Gasteiger partial charge in [0.05, 0.1) is 16.9 Å². The summed E-state index contributed by atoms with van der Waals surface area (Å²) >= 11 is 6.27. The van der Waals surface area contributed by atoms with E-state index < -0.39 is 0 Å². The van der Waals surface area contributed by atoms with E-state index in [1.807, 2.05) is 35.2 Å². The number of imidazole rings is 1. The normalized spacial score (nSPS) is 14.9. The summed E-state index contributed by atoms with van der Waals surface area (Å²) in [5, 5.41) is 12.3. The minimum Gasteiger partial charge on any atom is -0.367 e. The number of benzene rings is 1. The zero-order chi connectivity index (χ0) is 17.4. The number of pyridine rings is 1. The SMILES string of the molecule is O=[N+]([O-])c1c(N2CCN(c3ccccc3Cl)CC2)nc2ccccn12. The summed E-state index contributed by atoms with van der Waals surface area (Å²) in [6.07, 6.45) is 1.67. The molecule has 7 nitrogen and oxygen atoms in total. The van der Waals surface area contributed by atoms with Gasteiger partial charge >= 0.3 is 5.82 Å². The number of fused-ring (bicyclic) bond motifs is 1. The number of aromatic nitrogens is 2. The zero-order valence-corrected chi connectivity index (χ0v) is 14.1. The quantitative estimate of drug-likeness (QED) is 0.532. The van der Waals surface area contributed by atoms with E-state index in [4.69, 9.17) is 11.6 Å². The number of rotatable bonds is 3. The van der Waals surface area contributed by atoms with Crippen LogP contribution >= 0.6 is 11.6 Å². The summed E-state index contributed by atoms with van der Waals surface area (Å²) in [5.41, 5.74) is 1.58. The summed E-state index contributed by atoms with van der Waals surface area (Å²) in [4.78, 5) is 19.8. The highest BCUT2D eigenvalue weighted by molar-refractivity contribution is 6.33. The van der Waals surface area contributed by atoms with Crippen LogP contribution < -0.4 is 9.80 Å². The highest BCUT2D eigenvalue weighted by Crippen LogP contribution is 2.31. The van der Waals surface area contributed by atoms with E-state index in [0.29, 0.717) is 24.6 Å². The van der Waals surface area contributed by atoms with E-state index >= 15 is 0 Å². The van der Waals surface area contributed by atoms with Gasteiger partial charge in [-0.2, -0.15) is 9.38 Å². The zero-order valence-electron chi connectivity index (χ0n) is 13.4. The van der Waals surface area contributed by atoms with Gasteiger partial charge in [0.1, 0.15) is 0 Å². The van der Waals surface area contributed by atoms with Gasteiger partial charge in [-0.25, -0.2) is 0 Å². The molecule has 8 heteroatoms. The Hall–Kier alpha value is -2.80. The summed E-state index contributed by atoms with van der Waals surface area (Å²) < 4.78 is 1.52. The maximum Gasteiger partial charge on any atom is 0.372 e. The lowest BCUT2D eigenvalue weighted by atomic mass is 10.2. The molecule has 0 saturated carbocycles. The number of piperazine rings is 1. The van der Waals surface area contributed by atoms with Gasteiger partial charge in [0, 0.05) is 32.2 Å². The third kappa shape index (κ3) is 2.76. The van der Waals surface area contributed by atoms with Crippen LogP contribution in [0.2, 0.25) is 5.02 Å². The Morgan fingerprint density at radius 2 is 1.68 bits per heavy atom. The molecular formula is C17H16ClN5O2. The molecule has 0 spiro atoms. The topological polar surface area (TPSA) is 66.9 Å². The Bertz CT molecular complexity index is 934. The fraction of sp³-hybridized carbons (Fsp3) is 0.235. The predicted octanol–water partition coefficient (Wildman–Crippen LogP) is 3.22. The van der Waals surface area contributed by atoms with Gasteiger partial charge in [-0.05, 0) is 23.1 Å². The van der Waals surface area contributed by atoms with Crippen molar-refractivity contribution in [3.63, 3.8) is 0 Å². The summed E-state index contributed by atoms with van der Waals surface area (Å²) in [7, 11) is 0. The smallest absolute Gasteiger partial charge is 0.367 e. The second-order valence-electron chi connectivity index (χ2n) is 5.87. The maximum atomic E-state index is 11.6. The van der Waals surface area contributed by atoms with Crippen molar-refractivity contribution >= 4 is 34.6 Å². The largest absolute Gasteiger partial charge is 0.372 e. The molecule has 4 rings (SSSR count). The van der Waals surface area contributed by atoms with Crippen LogP contribution in [-0.4, -0.2) is 40.5 Å². The van der Waals surface area contributed by atoms with E-state index in [1.165, 1.54) is 4.40 Å². The molecule has 0 amide bonds. The number of hydrogen-bond donors (Lipinski definition) is 0. The molecule has 0 bridgehead atoms. The standard InChI is InChI=1S/C17H16ClN5O2/c18-13-5-1-2-6-14(13)20-9-11-21(12-10-20)16-17(23(24)25)22-8-4-3-7-15(22)19-16/h1-8H,9-12H2. The molecule has 0 N–H and O–H groups in total. The highest BCUT2D eigenvalue weighted by Gasteiger charge is 2.29. The average Bonchev–Trinajstić information content (AvgIpc) is 3.02. The van der Waals surface area contributed by atoms with Crippen LogP contribution in [0.1, 0.15) is 0 Å². The number of nitrogens with zero attached hydrogens (tertiary/aromatic N) is 5. The molecule has 1 aliphatic heterocycles. The first-order valence-corrected chi connectivity index (χ1v) is 8.39. The first-order chi connectivity index (χ1) is 12.1. The molecule has 0 unspecified atom stereocenters. The van der Waals surface area contributed by atoms with Crippen molar-refractivity contribution < 1.29 is 4.92 Å². The Balaban J connectivity index is 1.61. The molecule has 128 valence electrons. The monoisotopic (exact) mass is 357 g/mol. The Morgan fingerprint density at radius 3 is 2.40 bits per heavy atom. The van der Waals surface area contributed by atoms with Gasteiger partial charge < -0.3 is 19.9 Å². The molecule has 1 saturated heterocycles. The molecule has 1 fully saturated rings. The van der Waals surface area contributed by atoms with Gasteiger partial charge in [-0.1, -0.05) is 29.8 Å². The van der Waals surface area contributed by atoms with Crippen molar-refractivity contribution in [3.8, 4) is 0 Å². The van der Waals surface area contributed by atoms with Crippen molar-refractivity contribution in [1.29, 1.82) is 0 Å². The molecule has 1 aromatic carbocycles. The molecular weight excluding hydrogens is 342 g/mol. The van der Waals surface area contributed by atoms with E-state index in [2.05, 4.69) is 9.88 Å². The van der Waals surface area contributed by atoms with Crippen LogP contribution in [0.15, 0.2) is 48.7 Å². The lowest BCUT2D eigenvalue weighted by Crippen LogP contribution is -2.47. The van der Waals surface area contributed by atoms with Crippen molar-refractivity contribution in [2.75, 3.05) is 36.0 Å². The van der Waals surface area contributed by atoms with Crippen molar-refractivity contribution in [1.82, 2.24) is 9.38 Å². The average molecular weight is 358 g/mol. The minimum atomic E-state index is -0.365. The van der Waals surface area contributed by atoms with E-state index in [9.17, 15) is 10.1 Å². The molecule has 0 aliphatic carbocycles. The number of para-hydroxylation sites is 1. The van der Waals surface area contributed by atoms with Crippen LogP contribution in [0, 0.1) is 10.1 Å². The summed E-state index contributed by atoms with van der Waals surface area (Å²) in [6.45, 7) is 2.76. The van der Waals surface area contributed by atoms with Crippen LogP contribution in [0.25, 0.3) is 5.65 Å². The highest BCUT2D eigenvalue weighted by atomic mass is 35.5. The molecule has 25 heavy (non-hydrogen) atoms. The Labute approximate surface area is 149 Å². The van der Waals surface area contributed by atoms with Crippen LogP contribution in [-0.2, 0) is 0 Å². The Kier molecular flexibility index (Phi) is 3.93. The van der Waals surface area contributed by atoms with Gasteiger partial charge in [-0.3, -0.25) is 0 Å². The van der Waals surface area contributed by atoms with Crippen molar-refractivity contribution in [2.45, 2.75) is 0 Å². The summed E-state index contributed by atoms with van der Waals surface area (Å²) in [5.74, 6) is 0.441. The number of anilines is 2. The van der Waals surface area contributed by atoms with Gasteiger partial charge in [-0.15, -0.1) is 0 Å². The number of halogens is 1. The molecule has 1 aliphatic rings. The fourth-order valence-electron chi connectivity index (χ4n) is 3.22. The van der Waals surface area contributed by atoms with Crippen LogP contribution in [0.3, 0.4) is 0 Å². The summed E-state index contributed by atoms with van der Waals surface area (Å²) in [6, 6.07) is 13.1. The molecule has 3 heterocycles. The van der Waals surface area contributed by atoms with Crippen LogP contribution in [0.4, 0.5) is 17.3 Å². The van der Waals surface area contributed by atoms with Gasteiger partial charge in [0.2, 0.25) is 11.5 Å². The lowest BCUT2D eigenvalue weighted by molar-refractivity contribution is -0.389. The van der Waals surface area contributed by atoms with E-state index in [-0.39, 0.29) is 10.7 Å². The molecule has 2 aromatic heterocycles. The fourth-order valence-corrected chi connectivity index (χ4v) is 3.47. The third-order valence-corrected chi connectivity index (χ3v) is 4.75. The first kappa shape index (κ1) is 15.7. The van der Waals surface area contributed by atoms with Crippen molar-refractivity contribution in [2.24, 2.45) is 0 Å². The number of hydrogen-bond acceptors (Lipinski definition) is 5. The molecule has 0 atom stereocenters. The maximum absolute atomic E-state index is 11.6. The molecule has 3 aromatic rings. The van der Waals surface area contributed by atoms with E-state index in [1.54, 1.807) is 18.3 Å². The predicted molar refractivity (Wildman–Crippen MR) is 97.7 cm³/mol. The van der Waals surface area contributed by atoms with E-state index in [0.717, 1.165) is 23.8 Å². The minimum absolute atomic E-state index is 0.0155. The Morgan fingerprint density at radius 1 is 1.00 bits per heavy atom. The third-order valence-electron chi connectivity index (χ3n) is 4.43. The van der Waals surface area contributed by atoms with Gasteiger partial charge in [0.25, 0.3) is 0 Å². The van der Waals surface area contributed by atoms with Crippen LogP contribution in [0.5, 0.6) is 0 Å². The van der Waals surface area contributed by atoms with Gasteiger partial charge in [0.15, 0.2) is 0 Å². The second kappa shape index (κ2) is 6.25. The number of nitro groups is 1. The van der Waals surface area contributed by atoms with Crippen molar-refractivity contribution in [3.05, 3.63) is 63.8 Å². The molecule has 0 radical (unpaired) electrons. The second-order valence-corrected chi connectivity index (χ2v) is 6.28. The first-order valence-electron chi connectivity index (χ1n) is 8.01.